The standard InChI is InChI=1S/C24H24N6O2/c1-16-22-19(14-20(17-6-4-3-5-7-17)26-23(22)29(2)28-16)24(31)27-21-9-8-18(15-25-21)30-10-12-32-13-11-30/h3-9,14-15H,10-13H2,1-2H3,(H,25,27,31). The van der Waals surface area contributed by atoms with Gasteiger partial charge >= 0.3 is 0 Å². The van der Waals surface area contributed by atoms with Crippen molar-refractivity contribution in [3.8, 4) is 11.3 Å². The van der Waals surface area contributed by atoms with Crippen LogP contribution in [0.3, 0.4) is 0 Å². The maximum atomic E-state index is 13.3. The number of morpholine rings is 1. The summed E-state index contributed by atoms with van der Waals surface area (Å²) < 4.78 is 7.12. The maximum absolute atomic E-state index is 13.3. The zero-order chi connectivity index (χ0) is 22.1. The number of hydrogen-bond acceptors (Lipinski definition) is 6. The number of pyridine rings is 2. The van der Waals surface area contributed by atoms with Crippen LogP contribution in [0, 0.1) is 6.92 Å². The zero-order valence-electron chi connectivity index (χ0n) is 18.1. The number of ether oxygens (including phenoxy) is 1. The normalized spacial score (nSPS) is 14.0. The van der Waals surface area contributed by atoms with Crippen molar-refractivity contribution in [2.24, 2.45) is 7.05 Å². The molecule has 0 atom stereocenters. The number of carbonyl (C=O) groups excluding carboxylic acids is 1. The number of amides is 1. The maximum Gasteiger partial charge on any atom is 0.257 e. The fourth-order valence-corrected chi connectivity index (χ4v) is 4.03. The van der Waals surface area contributed by atoms with E-state index in [0.29, 0.717) is 30.2 Å². The van der Waals surface area contributed by atoms with Gasteiger partial charge in [-0.05, 0) is 25.1 Å². The Morgan fingerprint density at radius 3 is 2.59 bits per heavy atom. The Bertz CT molecular complexity index is 1260. The van der Waals surface area contributed by atoms with E-state index in [1.807, 2.05) is 62.5 Å². The van der Waals surface area contributed by atoms with Crippen LogP contribution in [0.1, 0.15) is 16.1 Å². The molecule has 1 amide bonds. The number of rotatable bonds is 4. The first-order chi connectivity index (χ1) is 15.6. The van der Waals surface area contributed by atoms with Crippen molar-refractivity contribution in [1.82, 2.24) is 19.7 Å². The van der Waals surface area contributed by atoms with E-state index in [-0.39, 0.29) is 5.91 Å². The summed E-state index contributed by atoms with van der Waals surface area (Å²) in [5, 5.41) is 8.16. The van der Waals surface area contributed by atoms with Crippen molar-refractivity contribution in [2.45, 2.75) is 6.92 Å². The first kappa shape index (κ1) is 20.1. The lowest BCUT2D eigenvalue weighted by molar-refractivity contribution is 0.102. The summed E-state index contributed by atoms with van der Waals surface area (Å²) in [6, 6.07) is 15.4. The molecule has 0 spiro atoms. The van der Waals surface area contributed by atoms with Gasteiger partial charge in [-0.2, -0.15) is 5.10 Å². The first-order valence-corrected chi connectivity index (χ1v) is 10.6. The molecule has 4 aromatic rings. The summed E-state index contributed by atoms with van der Waals surface area (Å²) in [5.41, 5.74) is 4.64. The molecule has 1 N–H and O–H groups in total. The highest BCUT2D eigenvalue weighted by molar-refractivity contribution is 6.13. The van der Waals surface area contributed by atoms with Crippen LogP contribution in [0.4, 0.5) is 11.5 Å². The number of carbonyl (C=O) groups is 1. The third-order valence-electron chi connectivity index (χ3n) is 5.65. The van der Waals surface area contributed by atoms with Gasteiger partial charge in [-0.3, -0.25) is 9.48 Å². The molecule has 0 radical (unpaired) electrons. The van der Waals surface area contributed by atoms with Crippen molar-refractivity contribution in [2.75, 3.05) is 36.5 Å². The van der Waals surface area contributed by atoms with E-state index in [4.69, 9.17) is 9.72 Å². The van der Waals surface area contributed by atoms with E-state index in [0.717, 1.165) is 41.1 Å². The minimum Gasteiger partial charge on any atom is -0.378 e. The summed E-state index contributed by atoms with van der Waals surface area (Å²) in [5.74, 6) is 0.261. The van der Waals surface area contributed by atoms with Crippen LogP contribution in [0.2, 0.25) is 0 Å². The smallest absolute Gasteiger partial charge is 0.257 e. The second-order valence-electron chi connectivity index (χ2n) is 7.78. The summed E-state index contributed by atoms with van der Waals surface area (Å²) >= 11 is 0. The molecule has 1 fully saturated rings. The fraction of sp³-hybridized carbons (Fsp3) is 0.250. The Labute approximate surface area is 185 Å². The van der Waals surface area contributed by atoms with Gasteiger partial charge in [0.05, 0.1) is 47.4 Å². The average Bonchev–Trinajstić information content (AvgIpc) is 3.13. The lowest BCUT2D eigenvalue weighted by atomic mass is 10.0. The SMILES string of the molecule is Cc1nn(C)c2nc(-c3ccccc3)cc(C(=O)Nc3ccc(N4CCOCC4)cn3)c12. The number of nitrogens with zero attached hydrogens (tertiary/aromatic N) is 5. The minimum atomic E-state index is -0.239. The molecule has 1 aromatic carbocycles. The summed E-state index contributed by atoms with van der Waals surface area (Å²) in [6.07, 6.45) is 1.79. The van der Waals surface area contributed by atoms with Gasteiger partial charge < -0.3 is 15.0 Å². The molecular weight excluding hydrogens is 404 g/mol. The third-order valence-corrected chi connectivity index (χ3v) is 5.65. The zero-order valence-corrected chi connectivity index (χ0v) is 18.1. The summed E-state index contributed by atoms with van der Waals surface area (Å²) in [4.78, 5) is 24.8. The van der Waals surface area contributed by atoms with Crippen LogP contribution < -0.4 is 10.2 Å². The molecule has 32 heavy (non-hydrogen) atoms. The van der Waals surface area contributed by atoms with E-state index in [2.05, 4.69) is 20.3 Å². The van der Waals surface area contributed by atoms with Gasteiger partial charge in [0.1, 0.15) is 5.82 Å². The van der Waals surface area contributed by atoms with Crippen molar-refractivity contribution < 1.29 is 9.53 Å². The Kier molecular flexibility index (Phi) is 5.28. The molecule has 0 saturated carbocycles. The highest BCUT2D eigenvalue weighted by Gasteiger charge is 2.20. The van der Waals surface area contributed by atoms with Crippen molar-refractivity contribution in [1.29, 1.82) is 0 Å². The molecule has 1 aliphatic heterocycles. The summed E-state index contributed by atoms with van der Waals surface area (Å²) in [7, 11) is 1.84. The Morgan fingerprint density at radius 1 is 1.09 bits per heavy atom. The summed E-state index contributed by atoms with van der Waals surface area (Å²) in [6.45, 7) is 4.99. The monoisotopic (exact) mass is 428 g/mol. The van der Waals surface area contributed by atoms with Gasteiger partial charge in [-0.25, -0.2) is 9.97 Å². The van der Waals surface area contributed by atoms with Crippen LogP contribution in [0.5, 0.6) is 0 Å². The van der Waals surface area contributed by atoms with Gasteiger partial charge in [0.15, 0.2) is 5.65 Å². The van der Waals surface area contributed by atoms with E-state index >= 15 is 0 Å². The molecule has 1 saturated heterocycles. The molecular formula is C24H24N6O2. The van der Waals surface area contributed by atoms with Crippen molar-refractivity contribution in [3.63, 3.8) is 0 Å². The third kappa shape index (κ3) is 3.80. The second-order valence-corrected chi connectivity index (χ2v) is 7.78. The van der Waals surface area contributed by atoms with Gasteiger partial charge in [-0.1, -0.05) is 30.3 Å². The minimum absolute atomic E-state index is 0.239. The molecule has 0 bridgehead atoms. The molecule has 8 nitrogen and oxygen atoms in total. The van der Waals surface area contributed by atoms with E-state index < -0.39 is 0 Å². The average molecular weight is 428 g/mol. The number of benzene rings is 1. The number of aromatic nitrogens is 4. The van der Waals surface area contributed by atoms with Gasteiger partial charge in [0.2, 0.25) is 0 Å². The topological polar surface area (TPSA) is 85.2 Å². The lowest BCUT2D eigenvalue weighted by Crippen LogP contribution is -2.36. The van der Waals surface area contributed by atoms with Gasteiger partial charge in [-0.15, -0.1) is 0 Å². The predicted molar refractivity (Wildman–Crippen MR) is 124 cm³/mol. The quantitative estimate of drug-likeness (QED) is 0.536. The number of hydrogen-bond donors (Lipinski definition) is 1. The molecule has 4 heterocycles. The molecule has 162 valence electrons. The number of nitrogens with one attached hydrogen (secondary N) is 1. The lowest BCUT2D eigenvalue weighted by Gasteiger charge is -2.28. The van der Waals surface area contributed by atoms with Crippen LogP contribution in [-0.4, -0.2) is 52.0 Å². The molecule has 3 aromatic heterocycles. The van der Waals surface area contributed by atoms with Gasteiger partial charge in [0, 0.05) is 25.7 Å². The highest BCUT2D eigenvalue weighted by Crippen LogP contribution is 2.27. The Morgan fingerprint density at radius 2 is 1.88 bits per heavy atom. The van der Waals surface area contributed by atoms with E-state index in [9.17, 15) is 4.79 Å². The molecule has 0 aliphatic carbocycles. The van der Waals surface area contributed by atoms with Crippen LogP contribution in [0.15, 0.2) is 54.7 Å². The number of fused-ring (bicyclic) bond motifs is 1. The Balaban J connectivity index is 1.47. The van der Waals surface area contributed by atoms with E-state index in [1.54, 1.807) is 10.9 Å². The van der Waals surface area contributed by atoms with Crippen LogP contribution >= 0.6 is 0 Å². The van der Waals surface area contributed by atoms with Crippen LogP contribution in [-0.2, 0) is 11.8 Å². The molecule has 0 unspecified atom stereocenters. The highest BCUT2D eigenvalue weighted by atomic mass is 16.5. The van der Waals surface area contributed by atoms with Crippen molar-refractivity contribution in [3.05, 3.63) is 66.0 Å². The van der Waals surface area contributed by atoms with Gasteiger partial charge in [0.25, 0.3) is 5.91 Å². The van der Waals surface area contributed by atoms with E-state index in [1.165, 1.54) is 0 Å². The van der Waals surface area contributed by atoms with Crippen LogP contribution in [0.25, 0.3) is 22.3 Å². The van der Waals surface area contributed by atoms with Crippen molar-refractivity contribution >= 4 is 28.4 Å². The first-order valence-electron chi connectivity index (χ1n) is 10.6. The largest absolute Gasteiger partial charge is 0.378 e. The second kappa shape index (κ2) is 8.39. The molecule has 1 aliphatic rings. The number of aryl methyl sites for hydroxylation is 2. The molecule has 8 heteroatoms. The predicted octanol–water partition coefficient (Wildman–Crippen LogP) is 3.43. The Hall–Kier alpha value is -3.78. The molecule has 5 rings (SSSR count). The number of anilines is 2. The fourth-order valence-electron chi connectivity index (χ4n) is 4.03.